The van der Waals surface area contributed by atoms with Crippen molar-refractivity contribution >= 4 is 25.2 Å². The highest BCUT2D eigenvalue weighted by molar-refractivity contribution is 7.48. The Morgan fingerprint density at radius 1 is 0.387 bits per heavy atom. The maximum atomic E-state index is 15.5. The number of carbonyl (C=O) groups excluding carboxylic acids is 3. The lowest BCUT2D eigenvalue weighted by atomic mass is 9.90. The fourth-order valence-corrected chi connectivity index (χ4v) is 10.7. The van der Waals surface area contributed by atoms with Crippen LogP contribution in [0.5, 0.6) is 0 Å². The number of phosphoric acid groups is 1. The maximum Gasteiger partial charge on any atom is 0.476 e. The van der Waals surface area contributed by atoms with Crippen molar-refractivity contribution in [3.8, 4) is 0 Å². The van der Waals surface area contributed by atoms with E-state index in [1.807, 2.05) is 98.7 Å². The molecule has 320 valence electrons. The SMILES string of the molecule is Cc1cc(C)c(C(=O)c2ccccc2C(C)OP(=O)(OC(C)c2ccccc2C(=O)c2c(C)cc(C)cc2C)OC(C)c2ccccc2C(=O)c2c(C)cc(C)cc2C)c(C)c1. The van der Waals surface area contributed by atoms with Crippen molar-refractivity contribution in [2.24, 2.45) is 0 Å². The van der Waals surface area contributed by atoms with Gasteiger partial charge in [0.1, 0.15) is 0 Å². The molecule has 0 aliphatic carbocycles. The van der Waals surface area contributed by atoms with Crippen molar-refractivity contribution < 1.29 is 32.5 Å². The Morgan fingerprint density at radius 3 is 0.823 bits per heavy atom. The molecule has 0 N–H and O–H groups in total. The van der Waals surface area contributed by atoms with Gasteiger partial charge in [0.15, 0.2) is 17.3 Å². The highest BCUT2D eigenvalue weighted by atomic mass is 31.2. The Bertz CT molecular complexity index is 2400. The van der Waals surface area contributed by atoms with Gasteiger partial charge in [-0.1, -0.05) is 126 Å². The summed E-state index contributed by atoms with van der Waals surface area (Å²) in [6.45, 7) is 22.6. The van der Waals surface area contributed by atoms with Crippen LogP contribution in [0.15, 0.2) is 109 Å². The molecule has 0 saturated heterocycles. The van der Waals surface area contributed by atoms with Gasteiger partial charge < -0.3 is 0 Å². The average molecular weight is 849 g/mol. The maximum absolute atomic E-state index is 15.5. The molecule has 6 aromatic rings. The van der Waals surface area contributed by atoms with Crippen molar-refractivity contribution in [2.45, 2.75) is 101 Å². The van der Waals surface area contributed by atoms with Gasteiger partial charge in [-0.05, 0) is 133 Å². The Hall–Kier alpha value is -5.56. The number of aryl methyl sites for hydroxylation is 9. The first-order valence-corrected chi connectivity index (χ1v) is 22.6. The molecule has 3 unspecified atom stereocenters. The van der Waals surface area contributed by atoms with Gasteiger partial charge >= 0.3 is 7.82 Å². The molecule has 8 heteroatoms. The minimum absolute atomic E-state index is 0.187. The first kappa shape index (κ1) is 46.0. The van der Waals surface area contributed by atoms with Crippen molar-refractivity contribution in [3.05, 3.63) is 209 Å². The second-order valence-corrected chi connectivity index (χ2v) is 18.3. The van der Waals surface area contributed by atoms with E-state index in [0.717, 1.165) is 50.1 Å². The molecule has 0 heterocycles. The van der Waals surface area contributed by atoms with Crippen LogP contribution in [0, 0.1) is 62.3 Å². The largest absolute Gasteiger partial charge is 0.476 e. The molecule has 0 fully saturated rings. The summed E-state index contributed by atoms with van der Waals surface area (Å²) < 4.78 is 35.0. The number of ketones is 3. The van der Waals surface area contributed by atoms with Crippen LogP contribution in [-0.4, -0.2) is 17.3 Å². The number of hydrogen-bond donors (Lipinski definition) is 0. The predicted octanol–water partition coefficient (Wildman–Crippen LogP) is 13.9. The van der Waals surface area contributed by atoms with Crippen LogP contribution >= 0.6 is 7.82 Å². The van der Waals surface area contributed by atoms with Gasteiger partial charge in [0.05, 0.1) is 18.3 Å². The van der Waals surface area contributed by atoms with Crippen LogP contribution in [0.1, 0.15) is 154 Å². The van der Waals surface area contributed by atoms with Crippen molar-refractivity contribution in [1.29, 1.82) is 0 Å². The van der Waals surface area contributed by atoms with E-state index in [1.165, 1.54) is 0 Å². The van der Waals surface area contributed by atoms with E-state index >= 15 is 4.57 Å². The second-order valence-electron chi connectivity index (χ2n) is 16.8. The van der Waals surface area contributed by atoms with Crippen LogP contribution in [-0.2, 0) is 18.1 Å². The zero-order valence-corrected chi connectivity index (χ0v) is 38.8. The standard InChI is InChI=1S/C54H57O7P/c1-31-25-34(4)49(35(5)26-31)52(55)46-22-16-13-19-43(46)40(10)59-62(58,60-41(11)44-20-14-17-23-47(44)53(56)50-36(6)27-32(2)28-37(50)7)61-42(12)45-21-15-18-24-48(45)54(57)51-38(8)29-33(3)30-39(51)9/h13-30,40-42H,1-12H3. The summed E-state index contributed by atoms with van der Waals surface area (Å²) in [4.78, 5) is 43.0. The smallest absolute Gasteiger partial charge is 0.289 e. The third-order valence-corrected chi connectivity index (χ3v) is 13.2. The van der Waals surface area contributed by atoms with Crippen LogP contribution in [0.4, 0.5) is 0 Å². The number of hydrogen-bond acceptors (Lipinski definition) is 7. The van der Waals surface area contributed by atoms with Crippen LogP contribution in [0.2, 0.25) is 0 Å². The lowest BCUT2D eigenvalue weighted by Gasteiger charge is -2.29. The minimum atomic E-state index is -4.66. The Balaban J connectivity index is 1.41. The molecule has 0 bridgehead atoms. The number of benzene rings is 6. The molecule has 0 saturated carbocycles. The van der Waals surface area contributed by atoms with E-state index in [4.69, 9.17) is 13.6 Å². The second kappa shape index (κ2) is 18.8. The zero-order chi connectivity index (χ0) is 45.2. The molecule has 0 aromatic heterocycles. The van der Waals surface area contributed by atoms with Gasteiger partial charge in [-0.25, -0.2) is 4.57 Å². The van der Waals surface area contributed by atoms with E-state index < -0.39 is 26.1 Å². The monoisotopic (exact) mass is 848 g/mol. The molecule has 6 aromatic carbocycles. The average Bonchev–Trinajstić information content (AvgIpc) is 3.19. The summed E-state index contributed by atoms with van der Waals surface area (Å²) >= 11 is 0. The highest BCUT2D eigenvalue weighted by Crippen LogP contribution is 2.59. The van der Waals surface area contributed by atoms with E-state index in [0.29, 0.717) is 50.1 Å². The quantitative estimate of drug-likeness (QED) is 0.0750. The lowest BCUT2D eigenvalue weighted by Crippen LogP contribution is -2.16. The van der Waals surface area contributed by atoms with E-state index in [2.05, 4.69) is 0 Å². The number of rotatable bonds is 15. The molecule has 0 aliphatic rings. The van der Waals surface area contributed by atoms with Gasteiger partial charge in [0, 0.05) is 33.4 Å². The Kier molecular flexibility index (Phi) is 13.9. The third kappa shape index (κ3) is 9.72. The minimum Gasteiger partial charge on any atom is -0.289 e. The molecule has 7 nitrogen and oxygen atoms in total. The number of phosphoric ester groups is 1. The summed E-state index contributed by atoms with van der Waals surface area (Å²) in [5.74, 6) is -0.562. The van der Waals surface area contributed by atoms with Crippen LogP contribution in [0.25, 0.3) is 0 Å². The molecule has 0 aliphatic heterocycles. The summed E-state index contributed by atoms with van der Waals surface area (Å²) in [6.07, 6.45) is -2.93. The van der Waals surface area contributed by atoms with Gasteiger partial charge in [-0.3, -0.25) is 28.0 Å². The van der Waals surface area contributed by atoms with Crippen molar-refractivity contribution in [3.63, 3.8) is 0 Å². The van der Waals surface area contributed by atoms with Crippen LogP contribution in [0.3, 0.4) is 0 Å². The predicted molar refractivity (Wildman–Crippen MR) is 248 cm³/mol. The van der Waals surface area contributed by atoms with Crippen molar-refractivity contribution in [2.75, 3.05) is 0 Å². The number of carbonyl (C=O) groups is 3. The fourth-order valence-electron chi connectivity index (χ4n) is 9.02. The van der Waals surface area contributed by atoms with Crippen molar-refractivity contribution in [1.82, 2.24) is 0 Å². The molecule has 0 spiro atoms. The van der Waals surface area contributed by atoms with E-state index in [9.17, 15) is 14.4 Å². The Morgan fingerprint density at radius 2 is 0.597 bits per heavy atom. The first-order valence-electron chi connectivity index (χ1n) is 21.1. The molecular formula is C54H57O7P. The van der Waals surface area contributed by atoms with Gasteiger partial charge in [0.25, 0.3) is 0 Å². The Labute approximate surface area is 367 Å². The zero-order valence-electron chi connectivity index (χ0n) is 37.9. The molecule has 6 rings (SSSR count). The molecular weight excluding hydrogens is 792 g/mol. The fraction of sp³-hybridized carbons (Fsp3) is 0.278. The van der Waals surface area contributed by atoms with Gasteiger partial charge in [-0.15, -0.1) is 0 Å². The molecule has 0 amide bonds. The summed E-state index contributed by atoms with van der Waals surface area (Å²) in [5, 5.41) is 0. The lowest BCUT2D eigenvalue weighted by molar-refractivity contribution is 0.0411. The summed E-state index contributed by atoms with van der Waals surface area (Å²) in [7, 11) is -4.66. The molecule has 0 radical (unpaired) electrons. The van der Waals surface area contributed by atoms with E-state index in [1.54, 1.807) is 93.6 Å². The van der Waals surface area contributed by atoms with E-state index in [-0.39, 0.29) is 17.3 Å². The molecule has 62 heavy (non-hydrogen) atoms. The first-order chi connectivity index (χ1) is 29.3. The van der Waals surface area contributed by atoms with Gasteiger partial charge in [-0.2, -0.15) is 0 Å². The highest BCUT2D eigenvalue weighted by Gasteiger charge is 2.38. The molecule has 3 atom stereocenters. The van der Waals surface area contributed by atoms with Crippen LogP contribution < -0.4 is 0 Å². The summed E-state index contributed by atoms with van der Waals surface area (Å²) in [6, 6.07) is 33.2. The van der Waals surface area contributed by atoms with Gasteiger partial charge in [0.2, 0.25) is 0 Å². The normalized spacial score (nSPS) is 13.9. The third-order valence-electron chi connectivity index (χ3n) is 11.5. The topological polar surface area (TPSA) is 96.0 Å². The summed E-state index contributed by atoms with van der Waals surface area (Å²) in [5.41, 5.74) is 12.7.